The van der Waals surface area contributed by atoms with Crippen molar-refractivity contribution in [1.29, 1.82) is 0 Å². The van der Waals surface area contributed by atoms with Gasteiger partial charge < -0.3 is 20.3 Å². The number of rotatable bonds is 6. The van der Waals surface area contributed by atoms with E-state index in [0.29, 0.717) is 0 Å². The smallest absolute Gasteiger partial charge is 0.246 e. The summed E-state index contributed by atoms with van der Waals surface area (Å²) in [5.74, 6) is 0.0210. The van der Waals surface area contributed by atoms with Gasteiger partial charge in [-0.25, -0.2) is 0 Å². The highest BCUT2D eigenvalue weighted by Gasteiger charge is 2.15. The Morgan fingerprint density at radius 3 is 2.72 bits per heavy atom. The second kappa shape index (κ2) is 7.71. The summed E-state index contributed by atoms with van der Waals surface area (Å²) in [4.78, 5) is 14.0. The average Bonchev–Trinajstić information content (AvgIpc) is 2.91. The van der Waals surface area contributed by atoms with E-state index in [0.717, 1.165) is 39.0 Å². The first kappa shape index (κ1) is 13.8. The summed E-state index contributed by atoms with van der Waals surface area (Å²) in [6.07, 6.45) is 4.89. The van der Waals surface area contributed by atoms with Crippen LogP contribution in [0.25, 0.3) is 0 Å². The fourth-order valence-corrected chi connectivity index (χ4v) is 2.57. The Kier molecular flexibility index (Phi) is 5.90. The molecule has 2 heterocycles. The van der Waals surface area contributed by atoms with E-state index in [1.165, 1.54) is 25.9 Å². The van der Waals surface area contributed by atoms with Gasteiger partial charge in [-0.3, -0.25) is 4.79 Å². The zero-order chi connectivity index (χ0) is 12.6. The highest BCUT2D eigenvalue weighted by molar-refractivity contribution is 5.77. The Hall–Kier alpha value is -0.650. The van der Waals surface area contributed by atoms with E-state index in [1.54, 1.807) is 0 Å². The zero-order valence-electron chi connectivity index (χ0n) is 11.1. The van der Waals surface area contributed by atoms with Crippen LogP contribution in [-0.2, 0) is 9.53 Å². The van der Waals surface area contributed by atoms with Crippen molar-refractivity contribution >= 4 is 5.91 Å². The van der Waals surface area contributed by atoms with Crippen molar-refractivity contribution < 1.29 is 9.53 Å². The molecule has 0 spiro atoms. The van der Waals surface area contributed by atoms with Crippen molar-refractivity contribution in [3.63, 3.8) is 0 Å². The average molecular weight is 255 g/mol. The first-order chi connectivity index (χ1) is 8.84. The molecule has 2 aliphatic heterocycles. The van der Waals surface area contributed by atoms with Gasteiger partial charge in [0.05, 0.1) is 6.10 Å². The number of nitrogens with zero attached hydrogens (tertiary/aromatic N) is 1. The third kappa shape index (κ3) is 4.92. The van der Waals surface area contributed by atoms with Gasteiger partial charge in [-0.2, -0.15) is 0 Å². The summed E-state index contributed by atoms with van der Waals surface area (Å²) in [7, 11) is 0. The summed E-state index contributed by atoms with van der Waals surface area (Å²) < 4.78 is 5.60. The lowest BCUT2D eigenvalue weighted by atomic mass is 10.1. The highest BCUT2D eigenvalue weighted by Crippen LogP contribution is 2.07. The maximum Gasteiger partial charge on any atom is 0.246 e. The predicted octanol–water partition coefficient (Wildman–Crippen LogP) is -0.0330. The molecule has 0 aromatic rings. The first-order valence-corrected chi connectivity index (χ1v) is 7.16. The molecule has 0 aliphatic carbocycles. The summed E-state index contributed by atoms with van der Waals surface area (Å²) >= 11 is 0. The predicted molar refractivity (Wildman–Crippen MR) is 70.5 cm³/mol. The summed E-state index contributed by atoms with van der Waals surface area (Å²) in [5, 5.41) is 6.21. The number of hydrogen-bond acceptors (Lipinski definition) is 4. The van der Waals surface area contributed by atoms with E-state index < -0.39 is 0 Å². The van der Waals surface area contributed by atoms with Crippen LogP contribution in [0.2, 0.25) is 0 Å². The number of likely N-dealkylation sites (tertiary alicyclic amines) is 1. The van der Waals surface area contributed by atoms with Crippen LogP contribution >= 0.6 is 0 Å². The second-order valence-electron chi connectivity index (χ2n) is 5.16. The van der Waals surface area contributed by atoms with E-state index >= 15 is 0 Å². The molecule has 0 aromatic carbocycles. The zero-order valence-corrected chi connectivity index (χ0v) is 11.1. The van der Waals surface area contributed by atoms with Crippen LogP contribution in [0.1, 0.15) is 25.7 Å². The van der Waals surface area contributed by atoms with E-state index in [9.17, 15) is 4.79 Å². The number of amides is 1. The van der Waals surface area contributed by atoms with Gasteiger partial charge in [0.2, 0.25) is 5.91 Å². The molecule has 5 nitrogen and oxygen atoms in total. The molecular weight excluding hydrogens is 230 g/mol. The monoisotopic (exact) mass is 255 g/mol. The van der Waals surface area contributed by atoms with Crippen LogP contribution in [0.15, 0.2) is 0 Å². The maximum atomic E-state index is 11.6. The van der Waals surface area contributed by atoms with Gasteiger partial charge in [0.1, 0.15) is 6.61 Å². The summed E-state index contributed by atoms with van der Waals surface area (Å²) in [5.41, 5.74) is 0. The minimum Gasteiger partial charge on any atom is -0.368 e. The molecule has 2 aliphatic rings. The number of piperidine rings is 1. The molecule has 2 rings (SSSR count). The third-order valence-electron chi connectivity index (χ3n) is 3.69. The fraction of sp³-hybridized carbons (Fsp3) is 0.923. The van der Waals surface area contributed by atoms with Gasteiger partial charge in [0.25, 0.3) is 0 Å². The van der Waals surface area contributed by atoms with Crippen molar-refractivity contribution in [3.05, 3.63) is 0 Å². The second-order valence-corrected chi connectivity index (χ2v) is 5.16. The van der Waals surface area contributed by atoms with E-state index in [2.05, 4.69) is 15.5 Å². The molecule has 104 valence electrons. The number of carbonyl (C=O) groups excluding carboxylic acids is 1. The van der Waals surface area contributed by atoms with Gasteiger partial charge in [-0.15, -0.1) is 0 Å². The Labute approximate surface area is 109 Å². The maximum absolute atomic E-state index is 11.6. The van der Waals surface area contributed by atoms with E-state index in [-0.39, 0.29) is 18.6 Å². The molecule has 0 saturated carbocycles. The molecule has 5 heteroatoms. The lowest BCUT2D eigenvalue weighted by Gasteiger charge is -2.22. The van der Waals surface area contributed by atoms with Gasteiger partial charge in [-0.05, 0) is 51.9 Å². The SMILES string of the molecule is O=C(COC1CCNCC1)NCCN1CCCC1. The van der Waals surface area contributed by atoms with E-state index in [1.807, 2.05) is 0 Å². The van der Waals surface area contributed by atoms with Crippen LogP contribution in [0.3, 0.4) is 0 Å². The molecule has 2 saturated heterocycles. The minimum atomic E-state index is 0.0210. The van der Waals surface area contributed by atoms with Gasteiger partial charge in [0, 0.05) is 13.1 Å². The highest BCUT2D eigenvalue weighted by atomic mass is 16.5. The lowest BCUT2D eigenvalue weighted by molar-refractivity contribution is -0.128. The Balaban J connectivity index is 1.49. The van der Waals surface area contributed by atoms with Crippen molar-refractivity contribution in [2.24, 2.45) is 0 Å². The Morgan fingerprint density at radius 2 is 2.00 bits per heavy atom. The number of ether oxygens (including phenoxy) is 1. The topological polar surface area (TPSA) is 53.6 Å². The van der Waals surface area contributed by atoms with Crippen molar-refractivity contribution in [1.82, 2.24) is 15.5 Å². The van der Waals surface area contributed by atoms with Crippen LogP contribution in [0.5, 0.6) is 0 Å². The molecule has 2 fully saturated rings. The van der Waals surface area contributed by atoms with Crippen LogP contribution in [-0.4, -0.2) is 62.8 Å². The normalized spacial score (nSPS) is 22.2. The standard InChI is InChI=1S/C13H25N3O2/c17-13(11-18-12-3-5-14-6-4-12)15-7-10-16-8-1-2-9-16/h12,14H,1-11H2,(H,15,17). The van der Waals surface area contributed by atoms with Gasteiger partial charge in [0.15, 0.2) is 0 Å². The molecule has 0 atom stereocenters. The Morgan fingerprint density at radius 1 is 1.28 bits per heavy atom. The molecule has 2 N–H and O–H groups in total. The van der Waals surface area contributed by atoms with Crippen molar-refractivity contribution in [2.45, 2.75) is 31.8 Å². The van der Waals surface area contributed by atoms with Crippen LogP contribution < -0.4 is 10.6 Å². The molecule has 18 heavy (non-hydrogen) atoms. The molecular formula is C13H25N3O2. The largest absolute Gasteiger partial charge is 0.368 e. The van der Waals surface area contributed by atoms with Crippen LogP contribution in [0.4, 0.5) is 0 Å². The fourth-order valence-electron chi connectivity index (χ4n) is 2.57. The molecule has 0 bridgehead atoms. The quantitative estimate of drug-likeness (QED) is 0.700. The molecule has 0 radical (unpaired) electrons. The number of carbonyl (C=O) groups is 1. The van der Waals surface area contributed by atoms with E-state index in [4.69, 9.17) is 4.74 Å². The third-order valence-corrected chi connectivity index (χ3v) is 3.69. The first-order valence-electron chi connectivity index (χ1n) is 7.16. The van der Waals surface area contributed by atoms with Gasteiger partial charge >= 0.3 is 0 Å². The molecule has 0 aromatic heterocycles. The number of nitrogens with one attached hydrogen (secondary N) is 2. The van der Waals surface area contributed by atoms with Gasteiger partial charge in [-0.1, -0.05) is 0 Å². The van der Waals surface area contributed by atoms with Crippen molar-refractivity contribution in [3.8, 4) is 0 Å². The molecule has 0 unspecified atom stereocenters. The van der Waals surface area contributed by atoms with Crippen molar-refractivity contribution in [2.75, 3.05) is 45.9 Å². The lowest BCUT2D eigenvalue weighted by Crippen LogP contribution is -2.38. The summed E-state index contributed by atoms with van der Waals surface area (Å²) in [6.45, 7) is 6.30. The van der Waals surface area contributed by atoms with Crippen LogP contribution in [0, 0.1) is 0 Å². The summed E-state index contributed by atoms with van der Waals surface area (Å²) in [6, 6.07) is 0. The number of hydrogen-bond donors (Lipinski definition) is 2. The Bertz CT molecular complexity index is 249. The molecule has 1 amide bonds. The minimum absolute atomic E-state index is 0.0210.